The van der Waals surface area contributed by atoms with E-state index in [0.717, 1.165) is 54.1 Å². The fourth-order valence-corrected chi connectivity index (χ4v) is 4.74. The van der Waals surface area contributed by atoms with Crippen LogP contribution in [-0.4, -0.2) is 47.5 Å². The first-order chi connectivity index (χ1) is 14.2. The third-order valence-corrected chi connectivity index (χ3v) is 6.16. The number of ether oxygens (including phenoxy) is 3. The van der Waals surface area contributed by atoms with E-state index in [1.807, 2.05) is 18.2 Å². The molecule has 0 aliphatic carbocycles. The summed E-state index contributed by atoms with van der Waals surface area (Å²) in [5.74, 6) is 2.75. The lowest BCUT2D eigenvalue weighted by Crippen LogP contribution is -2.36. The quantitative estimate of drug-likeness (QED) is 0.817. The molecule has 2 aromatic rings. The van der Waals surface area contributed by atoms with Crippen LogP contribution in [0.25, 0.3) is 0 Å². The molecule has 0 saturated carbocycles. The van der Waals surface area contributed by atoms with Crippen LogP contribution in [0, 0.1) is 0 Å². The number of hydrogen-bond acceptors (Lipinski definition) is 7. The van der Waals surface area contributed by atoms with Gasteiger partial charge in [-0.1, -0.05) is 6.07 Å². The van der Waals surface area contributed by atoms with Gasteiger partial charge < -0.3 is 24.8 Å². The van der Waals surface area contributed by atoms with Gasteiger partial charge in [-0.05, 0) is 43.4 Å². The van der Waals surface area contributed by atoms with Gasteiger partial charge >= 0.3 is 0 Å². The minimum Gasteiger partial charge on any atom is -0.454 e. The summed E-state index contributed by atoms with van der Waals surface area (Å²) in [5.41, 5.74) is 2.40. The van der Waals surface area contributed by atoms with Crippen molar-refractivity contribution in [3.8, 4) is 11.5 Å². The first kappa shape index (κ1) is 17.0. The maximum atomic E-state index is 12.5. The van der Waals surface area contributed by atoms with Gasteiger partial charge in [0.2, 0.25) is 6.79 Å². The first-order valence-corrected chi connectivity index (χ1v) is 10.2. The van der Waals surface area contributed by atoms with Gasteiger partial charge in [0.25, 0.3) is 5.91 Å². The van der Waals surface area contributed by atoms with Gasteiger partial charge in [-0.25, -0.2) is 9.97 Å². The molecule has 4 aliphatic rings. The molecule has 0 radical (unpaired) electrons. The second-order valence-electron chi connectivity index (χ2n) is 8.05. The van der Waals surface area contributed by atoms with Crippen LogP contribution in [0.2, 0.25) is 0 Å². The van der Waals surface area contributed by atoms with E-state index < -0.39 is 0 Å². The molecule has 0 unspecified atom stereocenters. The van der Waals surface area contributed by atoms with Crippen LogP contribution in [0.4, 0.5) is 5.82 Å². The minimum absolute atomic E-state index is 0.132. The molecular weight excluding hydrogens is 372 g/mol. The van der Waals surface area contributed by atoms with Crippen LogP contribution < -0.4 is 20.1 Å². The first-order valence-electron chi connectivity index (χ1n) is 10.2. The largest absolute Gasteiger partial charge is 0.454 e. The molecule has 150 valence electrons. The Hall–Kier alpha value is -2.87. The molecule has 3 atom stereocenters. The van der Waals surface area contributed by atoms with Crippen molar-refractivity contribution < 1.29 is 19.0 Å². The van der Waals surface area contributed by atoms with Gasteiger partial charge in [0, 0.05) is 18.5 Å². The summed E-state index contributed by atoms with van der Waals surface area (Å²) < 4.78 is 16.8. The third-order valence-electron chi connectivity index (χ3n) is 6.16. The van der Waals surface area contributed by atoms with E-state index in [1.54, 1.807) is 0 Å². The van der Waals surface area contributed by atoms with Gasteiger partial charge in [0.1, 0.15) is 17.3 Å². The highest BCUT2D eigenvalue weighted by Crippen LogP contribution is 2.37. The molecule has 1 aromatic carbocycles. The number of nitrogens with zero attached hydrogens (tertiary/aromatic N) is 2. The van der Waals surface area contributed by atoms with E-state index in [4.69, 9.17) is 19.2 Å². The predicted octanol–water partition coefficient (Wildman–Crippen LogP) is 1.81. The maximum Gasteiger partial charge on any atom is 0.270 e. The molecule has 4 aliphatic heterocycles. The van der Waals surface area contributed by atoms with Crippen molar-refractivity contribution in [3.05, 3.63) is 40.8 Å². The number of fused-ring (bicyclic) bond motifs is 4. The molecular formula is C21H22N4O4. The fourth-order valence-electron chi connectivity index (χ4n) is 4.74. The predicted molar refractivity (Wildman–Crippen MR) is 103 cm³/mol. The van der Waals surface area contributed by atoms with Crippen LogP contribution in [0.1, 0.15) is 46.7 Å². The maximum absolute atomic E-state index is 12.5. The Labute approximate surface area is 168 Å². The van der Waals surface area contributed by atoms with E-state index in [2.05, 4.69) is 15.6 Å². The number of rotatable bonds is 4. The highest BCUT2D eigenvalue weighted by Gasteiger charge is 2.41. The monoisotopic (exact) mass is 394 g/mol. The molecule has 29 heavy (non-hydrogen) atoms. The number of anilines is 1. The average molecular weight is 394 g/mol. The van der Waals surface area contributed by atoms with Gasteiger partial charge in [0.05, 0.1) is 18.2 Å². The Kier molecular flexibility index (Phi) is 3.87. The molecule has 2 fully saturated rings. The van der Waals surface area contributed by atoms with Crippen LogP contribution in [-0.2, 0) is 17.6 Å². The molecule has 5 heterocycles. The van der Waals surface area contributed by atoms with E-state index >= 15 is 0 Å². The SMILES string of the molecule is O=C1NCCc2c(N[C@@H]3C[C@@H]4CC[C@H]3O4)nc(Cc3ccc4c(c3)OCO4)nc21. The van der Waals surface area contributed by atoms with Crippen LogP contribution in [0.3, 0.4) is 0 Å². The van der Waals surface area contributed by atoms with Crippen molar-refractivity contribution in [1.82, 2.24) is 15.3 Å². The van der Waals surface area contributed by atoms with E-state index in [1.165, 1.54) is 0 Å². The van der Waals surface area contributed by atoms with Crippen molar-refractivity contribution in [2.45, 2.75) is 50.4 Å². The van der Waals surface area contributed by atoms with Gasteiger partial charge in [-0.3, -0.25) is 4.79 Å². The smallest absolute Gasteiger partial charge is 0.270 e. The normalized spacial score (nSPS) is 26.3. The van der Waals surface area contributed by atoms with Crippen molar-refractivity contribution in [3.63, 3.8) is 0 Å². The van der Waals surface area contributed by atoms with Crippen molar-refractivity contribution >= 4 is 11.7 Å². The lowest BCUT2D eigenvalue weighted by molar-refractivity contribution is 0.0940. The second kappa shape index (κ2) is 6.59. The molecule has 8 heteroatoms. The number of amides is 1. The van der Waals surface area contributed by atoms with Gasteiger partial charge in [-0.15, -0.1) is 0 Å². The Morgan fingerprint density at radius 2 is 2.10 bits per heavy atom. The summed E-state index contributed by atoms with van der Waals surface area (Å²) in [7, 11) is 0. The zero-order chi connectivity index (χ0) is 19.4. The molecule has 6 rings (SSSR count). The van der Waals surface area contributed by atoms with E-state index in [9.17, 15) is 4.79 Å². The average Bonchev–Trinajstić information content (AvgIpc) is 3.45. The third kappa shape index (κ3) is 2.98. The van der Waals surface area contributed by atoms with E-state index in [-0.39, 0.29) is 24.8 Å². The molecule has 8 nitrogen and oxygen atoms in total. The van der Waals surface area contributed by atoms with Gasteiger partial charge in [0.15, 0.2) is 11.5 Å². The number of benzene rings is 1. The number of carbonyl (C=O) groups excluding carboxylic acids is 1. The standard InChI is InChI=1S/C21H22N4O4/c26-21-19-13(5-6-22-21)20(23-14-9-12-2-4-15(14)29-12)25-18(24-19)8-11-1-3-16-17(7-11)28-10-27-16/h1,3,7,12,14-15H,2,4-6,8-10H2,(H,22,26)(H,23,24,25)/t12-,14+,15+/m0/s1. The summed E-state index contributed by atoms with van der Waals surface area (Å²) in [4.78, 5) is 21.9. The Morgan fingerprint density at radius 3 is 2.97 bits per heavy atom. The molecule has 2 bridgehead atoms. The van der Waals surface area contributed by atoms with Crippen LogP contribution in [0.5, 0.6) is 11.5 Å². The van der Waals surface area contributed by atoms with E-state index in [0.29, 0.717) is 30.6 Å². The number of aromatic nitrogens is 2. The van der Waals surface area contributed by atoms with Crippen molar-refractivity contribution in [1.29, 1.82) is 0 Å². The molecule has 1 amide bonds. The zero-order valence-electron chi connectivity index (χ0n) is 15.9. The van der Waals surface area contributed by atoms with Crippen LogP contribution >= 0.6 is 0 Å². The molecule has 1 aromatic heterocycles. The lowest BCUT2D eigenvalue weighted by atomic mass is 9.95. The minimum atomic E-state index is -0.132. The number of hydrogen-bond donors (Lipinski definition) is 2. The second-order valence-corrected chi connectivity index (χ2v) is 8.05. The Balaban J connectivity index is 1.33. The number of carbonyl (C=O) groups is 1. The highest BCUT2D eigenvalue weighted by atomic mass is 16.7. The summed E-state index contributed by atoms with van der Waals surface area (Å²) >= 11 is 0. The Morgan fingerprint density at radius 1 is 1.17 bits per heavy atom. The molecule has 2 N–H and O–H groups in total. The van der Waals surface area contributed by atoms with Gasteiger partial charge in [-0.2, -0.15) is 0 Å². The summed E-state index contributed by atoms with van der Waals surface area (Å²) in [5, 5.41) is 6.48. The summed E-state index contributed by atoms with van der Waals surface area (Å²) in [6.45, 7) is 0.854. The lowest BCUT2D eigenvalue weighted by Gasteiger charge is -2.25. The Bertz CT molecular complexity index is 995. The van der Waals surface area contributed by atoms with Crippen LogP contribution in [0.15, 0.2) is 18.2 Å². The van der Waals surface area contributed by atoms with Crippen molar-refractivity contribution in [2.24, 2.45) is 0 Å². The summed E-state index contributed by atoms with van der Waals surface area (Å²) in [6.07, 6.45) is 5.05. The topological polar surface area (TPSA) is 94.6 Å². The zero-order valence-corrected chi connectivity index (χ0v) is 15.9. The molecule has 0 spiro atoms. The molecule has 2 saturated heterocycles. The summed E-state index contributed by atoms with van der Waals surface area (Å²) in [6, 6.07) is 6.07. The van der Waals surface area contributed by atoms with Crippen molar-refractivity contribution in [2.75, 3.05) is 18.7 Å². The number of nitrogens with one attached hydrogen (secondary N) is 2. The fraction of sp³-hybridized carbons (Fsp3) is 0.476. The highest BCUT2D eigenvalue weighted by molar-refractivity contribution is 5.96.